The second kappa shape index (κ2) is 9.37. The summed E-state index contributed by atoms with van der Waals surface area (Å²) >= 11 is 1.44. The Morgan fingerprint density at radius 3 is 2.57 bits per heavy atom. The van der Waals surface area contributed by atoms with Gasteiger partial charge < -0.3 is 15.2 Å². The van der Waals surface area contributed by atoms with Gasteiger partial charge in [-0.15, -0.1) is 11.3 Å². The average Bonchev–Trinajstić information content (AvgIpc) is 2.86. The van der Waals surface area contributed by atoms with Gasteiger partial charge in [-0.25, -0.2) is 4.79 Å². The van der Waals surface area contributed by atoms with Crippen LogP contribution in [0.2, 0.25) is 0 Å². The fourth-order valence-electron chi connectivity index (χ4n) is 3.90. The number of esters is 1. The van der Waals surface area contributed by atoms with Gasteiger partial charge in [-0.1, -0.05) is 25.5 Å². The van der Waals surface area contributed by atoms with Gasteiger partial charge in [0, 0.05) is 4.88 Å². The highest BCUT2D eigenvalue weighted by Gasteiger charge is 2.35. The van der Waals surface area contributed by atoms with Crippen LogP contribution < -0.4 is 5.32 Å². The predicted octanol–water partition coefficient (Wildman–Crippen LogP) is 4.19. The van der Waals surface area contributed by atoms with Gasteiger partial charge in [-0.05, 0) is 50.5 Å². The van der Waals surface area contributed by atoms with E-state index in [1.165, 1.54) is 11.3 Å². The van der Waals surface area contributed by atoms with Crippen molar-refractivity contribution in [2.75, 3.05) is 11.9 Å². The highest BCUT2D eigenvalue weighted by atomic mass is 32.1. The number of allylic oxidation sites excluding steroid dienone is 2. The smallest absolute Gasteiger partial charge is 0.341 e. The van der Waals surface area contributed by atoms with Gasteiger partial charge in [0.1, 0.15) is 5.00 Å². The molecule has 0 bridgehead atoms. The minimum atomic E-state index is -0.964. The van der Waals surface area contributed by atoms with Crippen LogP contribution in [0.1, 0.15) is 66.2 Å². The van der Waals surface area contributed by atoms with Crippen LogP contribution in [0.25, 0.3) is 0 Å². The Hall–Kier alpha value is -2.15. The van der Waals surface area contributed by atoms with Crippen LogP contribution in [0.15, 0.2) is 12.2 Å². The van der Waals surface area contributed by atoms with Crippen molar-refractivity contribution in [1.29, 1.82) is 0 Å². The van der Waals surface area contributed by atoms with Crippen molar-refractivity contribution in [3.05, 3.63) is 28.2 Å². The van der Waals surface area contributed by atoms with E-state index in [-0.39, 0.29) is 5.91 Å². The Balaban J connectivity index is 1.88. The molecular weight excluding hydrogens is 378 g/mol. The van der Waals surface area contributed by atoms with E-state index in [1.807, 2.05) is 19.1 Å². The molecular formula is C21H27NO5S. The number of rotatable bonds is 6. The number of aliphatic carboxylic acids is 1. The van der Waals surface area contributed by atoms with Crippen LogP contribution in [0, 0.1) is 11.8 Å². The molecule has 0 radical (unpaired) electrons. The molecule has 1 aromatic heterocycles. The highest BCUT2D eigenvalue weighted by molar-refractivity contribution is 7.17. The summed E-state index contributed by atoms with van der Waals surface area (Å²) in [7, 11) is 0. The largest absolute Gasteiger partial charge is 0.481 e. The summed E-state index contributed by atoms with van der Waals surface area (Å²) < 4.78 is 5.38. The lowest BCUT2D eigenvalue weighted by atomic mass is 9.82. The standard InChI is InChI=1S/C21H27NO5S/c1-2-12-27-21(26)17-15-10-4-3-5-11-16(15)28-19(17)22-18(23)13-8-6-7-9-14(13)20(24)25/h6-7,13-14H,2-5,8-12H2,1H3,(H,22,23)(H,24,25)/t13-,14-/m0/s1. The monoisotopic (exact) mass is 405 g/mol. The third-order valence-corrected chi connectivity index (χ3v) is 6.59. The molecule has 0 unspecified atom stereocenters. The van der Waals surface area contributed by atoms with E-state index in [0.29, 0.717) is 30.0 Å². The van der Waals surface area contributed by atoms with Crippen LogP contribution in [0.4, 0.5) is 5.00 Å². The number of fused-ring (bicyclic) bond motifs is 1. The lowest BCUT2D eigenvalue weighted by Crippen LogP contribution is -2.34. The van der Waals surface area contributed by atoms with Gasteiger partial charge in [-0.2, -0.15) is 0 Å². The number of carboxylic acids is 1. The van der Waals surface area contributed by atoms with Crippen molar-refractivity contribution in [3.8, 4) is 0 Å². The third-order valence-electron chi connectivity index (χ3n) is 5.39. The average molecular weight is 406 g/mol. The van der Waals surface area contributed by atoms with Gasteiger partial charge in [-0.3, -0.25) is 9.59 Å². The zero-order valence-electron chi connectivity index (χ0n) is 16.2. The Morgan fingerprint density at radius 1 is 1.14 bits per heavy atom. The van der Waals surface area contributed by atoms with Gasteiger partial charge in [0.05, 0.1) is 24.0 Å². The molecule has 0 aliphatic heterocycles. The number of anilines is 1. The fourth-order valence-corrected chi connectivity index (χ4v) is 5.18. The Bertz CT molecular complexity index is 782. The van der Waals surface area contributed by atoms with Gasteiger partial charge >= 0.3 is 11.9 Å². The SMILES string of the molecule is CCCOC(=O)c1c(NC(=O)[C@H]2CC=CC[C@@H]2C(=O)O)sc2c1CCCCC2. The molecule has 2 aliphatic carbocycles. The number of ether oxygens (including phenoxy) is 1. The first-order chi connectivity index (χ1) is 13.5. The lowest BCUT2D eigenvalue weighted by Gasteiger charge is -2.24. The minimum absolute atomic E-state index is 0.335. The topological polar surface area (TPSA) is 92.7 Å². The molecule has 1 aromatic rings. The molecule has 0 saturated carbocycles. The molecule has 7 heteroatoms. The quantitative estimate of drug-likeness (QED) is 0.421. The molecule has 152 valence electrons. The van der Waals surface area contributed by atoms with Gasteiger partial charge in [0.15, 0.2) is 0 Å². The van der Waals surface area contributed by atoms with E-state index < -0.39 is 23.8 Å². The summed E-state index contributed by atoms with van der Waals surface area (Å²) in [6, 6.07) is 0. The number of hydrogen-bond donors (Lipinski definition) is 2. The van der Waals surface area contributed by atoms with Crippen molar-refractivity contribution in [3.63, 3.8) is 0 Å². The van der Waals surface area contributed by atoms with Crippen molar-refractivity contribution >= 4 is 34.2 Å². The summed E-state index contributed by atoms with van der Waals surface area (Å²) in [5.41, 5.74) is 1.47. The molecule has 2 N–H and O–H groups in total. The summed E-state index contributed by atoms with van der Waals surface area (Å²) in [4.78, 5) is 38.3. The number of nitrogens with one attached hydrogen (secondary N) is 1. The summed E-state index contributed by atoms with van der Waals surface area (Å²) in [6.07, 6.45) is 10.0. The number of hydrogen-bond acceptors (Lipinski definition) is 5. The fraction of sp³-hybridized carbons (Fsp3) is 0.571. The summed E-state index contributed by atoms with van der Waals surface area (Å²) in [5, 5.41) is 12.8. The van der Waals surface area contributed by atoms with E-state index in [2.05, 4.69) is 5.32 Å². The highest BCUT2D eigenvalue weighted by Crippen LogP contribution is 2.39. The first-order valence-corrected chi connectivity index (χ1v) is 10.8. The first-order valence-electron chi connectivity index (χ1n) is 10.0. The number of aryl methyl sites for hydroxylation is 1. The molecule has 1 heterocycles. The van der Waals surface area contributed by atoms with E-state index in [1.54, 1.807) is 0 Å². The Kier molecular flexibility index (Phi) is 6.88. The molecule has 3 rings (SSSR count). The maximum absolute atomic E-state index is 12.9. The third kappa shape index (κ3) is 4.46. The van der Waals surface area contributed by atoms with Gasteiger partial charge in [0.25, 0.3) is 0 Å². The molecule has 1 amide bonds. The predicted molar refractivity (Wildman–Crippen MR) is 108 cm³/mol. The molecule has 0 fully saturated rings. The normalized spacial score (nSPS) is 21.5. The van der Waals surface area contributed by atoms with E-state index in [9.17, 15) is 19.5 Å². The number of amides is 1. The van der Waals surface area contributed by atoms with E-state index in [0.717, 1.165) is 49.0 Å². The number of thiophene rings is 1. The molecule has 28 heavy (non-hydrogen) atoms. The maximum Gasteiger partial charge on any atom is 0.341 e. The Morgan fingerprint density at radius 2 is 1.86 bits per heavy atom. The van der Waals surface area contributed by atoms with E-state index >= 15 is 0 Å². The van der Waals surface area contributed by atoms with Crippen molar-refractivity contribution in [2.24, 2.45) is 11.8 Å². The number of carbonyl (C=O) groups excluding carboxylic acids is 2. The Labute approximate surface area is 169 Å². The van der Waals surface area contributed by atoms with Crippen LogP contribution in [0.5, 0.6) is 0 Å². The molecule has 2 atom stereocenters. The van der Waals surface area contributed by atoms with Crippen molar-refractivity contribution in [1.82, 2.24) is 0 Å². The maximum atomic E-state index is 12.9. The molecule has 2 aliphatic rings. The summed E-state index contributed by atoms with van der Waals surface area (Å²) in [5.74, 6) is -3.07. The minimum Gasteiger partial charge on any atom is -0.481 e. The number of carbonyl (C=O) groups is 3. The summed E-state index contributed by atoms with van der Waals surface area (Å²) in [6.45, 7) is 2.28. The molecule has 0 aromatic carbocycles. The van der Waals surface area contributed by atoms with Crippen LogP contribution in [0.3, 0.4) is 0 Å². The van der Waals surface area contributed by atoms with Crippen LogP contribution >= 0.6 is 11.3 Å². The number of carboxylic acid groups (broad SMARTS) is 1. The van der Waals surface area contributed by atoms with Crippen LogP contribution in [-0.4, -0.2) is 29.6 Å². The van der Waals surface area contributed by atoms with Crippen LogP contribution in [-0.2, 0) is 27.2 Å². The second-order valence-electron chi connectivity index (χ2n) is 7.39. The molecule has 6 nitrogen and oxygen atoms in total. The zero-order valence-corrected chi connectivity index (χ0v) is 17.0. The van der Waals surface area contributed by atoms with Gasteiger partial charge in [0.2, 0.25) is 5.91 Å². The van der Waals surface area contributed by atoms with Crippen molar-refractivity contribution < 1.29 is 24.2 Å². The zero-order chi connectivity index (χ0) is 20.1. The van der Waals surface area contributed by atoms with E-state index in [4.69, 9.17) is 4.74 Å². The first kappa shape index (κ1) is 20.6. The molecule has 0 spiro atoms. The lowest BCUT2D eigenvalue weighted by molar-refractivity contribution is -0.146. The van der Waals surface area contributed by atoms with Crippen molar-refractivity contribution in [2.45, 2.75) is 58.3 Å². The second-order valence-corrected chi connectivity index (χ2v) is 8.49. The molecule has 0 saturated heterocycles.